The average molecular weight is 783 g/mol. The van der Waals surface area contributed by atoms with Crippen molar-refractivity contribution in [2.45, 2.75) is 13.8 Å². The largest absolute Gasteiger partial charge is 0.454 e. The zero-order chi connectivity index (χ0) is 40.6. The van der Waals surface area contributed by atoms with Gasteiger partial charge in [0, 0.05) is 55.2 Å². The van der Waals surface area contributed by atoms with E-state index >= 15 is 0 Å². The summed E-state index contributed by atoms with van der Waals surface area (Å²) in [5.41, 5.74) is 15.8. The Labute approximate surface area is 352 Å². The summed E-state index contributed by atoms with van der Waals surface area (Å²) >= 11 is 0. The highest BCUT2D eigenvalue weighted by Crippen LogP contribution is 2.53. The van der Waals surface area contributed by atoms with E-state index in [4.69, 9.17) is 14.4 Å². The van der Waals surface area contributed by atoms with Crippen molar-refractivity contribution in [1.82, 2.24) is 14.5 Å². The molecule has 4 aromatic heterocycles. The quantitative estimate of drug-likeness (QED) is 0.167. The van der Waals surface area contributed by atoms with Gasteiger partial charge in [-0.05, 0) is 89.0 Å². The smallest absolute Gasteiger partial charge is 0.159 e. The predicted molar refractivity (Wildman–Crippen MR) is 255 cm³/mol. The van der Waals surface area contributed by atoms with Gasteiger partial charge in [0.15, 0.2) is 5.58 Å². The summed E-state index contributed by atoms with van der Waals surface area (Å²) in [6.45, 7) is 4.00. The lowest BCUT2D eigenvalue weighted by molar-refractivity contribution is 0.669. The standard InChI is InChI=1S/C54H32N4O.C2H6/c1-3-12-33(13-4-1)34-22-26-48-43(30-34)53-52-44(38-16-7-9-19-45(38)56-53)31-55-32-50(52)58(48)49-21-11-18-40-42-29-36(24-27-51(42)59-54(40)49)35-23-25-47-41(28-35)39-17-8-10-20-46(39)57(47)37-14-5-2-6-15-37;1-2/h1-32H;1-2H3. The fourth-order valence-electron chi connectivity index (χ4n) is 9.51. The minimum absolute atomic E-state index is 0.827. The summed E-state index contributed by atoms with van der Waals surface area (Å²) in [6.07, 6.45) is 3.96. The topological polar surface area (TPSA) is 47.1 Å². The Morgan fingerprint density at radius 3 is 1.97 bits per heavy atom. The van der Waals surface area contributed by atoms with Crippen molar-refractivity contribution in [3.8, 4) is 39.2 Å². The molecule has 8 aromatic carbocycles. The molecule has 61 heavy (non-hydrogen) atoms. The molecule has 1 aliphatic rings. The van der Waals surface area contributed by atoms with Crippen LogP contribution in [-0.2, 0) is 0 Å². The zero-order valence-electron chi connectivity index (χ0n) is 33.7. The van der Waals surface area contributed by atoms with Crippen molar-refractivity contribution in [3.05, 3.63) is 194 Å². The van der Waals surface area contributed by atoms with Crippen LogP contribution >= 0.6 is 0 Å². The Morgan fingerprint density at radius 2 is 1.11 bits per heavy atom. The molecule has 5 nitrogen and oxygen atoms in total. The van der Waals surface area contributed by atoms with Gasteiger partial charge in [0.25, 0.3) is 0 Å². The number of fused-ring (bicyclic) bond motifs is 10. The molecule has 0 unspecified atom stereocenters. The summed E-state index contributed by atoms with van der Waals surface area (Å²) < 4.78 is 9.25. The number of para-hydroxylation sites is 4. The minimum Gasteiger partial charge on any atom is -0.454 e. The van der Waals surface area contributed by atoms with Crippen LogP contribution in [0.4, 0.5) is 17.1 Å². The maximum Gasteiger partial charge on any atom is 0.159 e. The summed E-state index contributed by atoms with van der Waals surface area (Å²) in [7, 11) is 0. The van der Waals surface area contributed by atoms with Gasteiger partial charge in [-0.1, -0.05) is 129 Å². The molecule has 288 valence electrons. The Kier molecular flexibility index (Phi) is 7.91. The van der Waals surface area contributed by atoms with Crippen LogP contribution in [-0.4, -0.2) is 14.5 Å². The average Bonchev–Trinajstić information content (AvgIpc) is 3.88. The lowest BCUT2D eigenvalue weighted by Gasteiger charge is -2.33. The summed E-state index contributed by atoms with van der Waals surface area (Å²) in [4.78, 5) is 12.5. The van der Waals surface area contributed by atoms with E-state index in [9.17, 15) is 0 Å². The second-order valence-electron chi connectivity index (χ2n) is 15.4. The SMILES string of the molecule is CC.c1ccc(-c2ccc3c(c2)-c2nc4ccccc4c4cncc(c24)N3c2cccc3c2oc2ccc(-c4ccc5c(c4)c4ccccc4n5-c4ccccc4)cc23)cc1. The maximum atomic E-state index is 6.89. The van der Waals surface area contributed by atoms with Crippen LogP contribution in [0, 0.1) is 0 Å². The van der Waals surface area contributed by atoms with Gasteiger partial charge in [0.1, 0.15) is 5.58 Å². The van der Waals surface area contributed by atoms with Crippen LogP contribution in [0.15, 0.2) is 199 Å². The third kappa shape index (κ3) is 5.27. The van der Waals surface area contributed by atoms with Crippen molar-refractivity contribution < 1.29 is 4.42 Å². The van der Waals surface area contributed by atoms with Gasteiger partial charge in [-0.15, -0.1) is 0 Å². The molecule has 12 aromatic rings. The normalized spacial score (nSPS) is 12.1. The molecular formula is C56H38N4O. The summed E-state index contributed by atoms with van der Waals surface area (Å²) in [5.74, 6) is 0. The number of rotatable bonds is 4. The maximum absolute atomic E-state index is 6.89. The molecule has 0 N–H and O–H groups in total. The molecule has 0 atom stereocenters. The van der Waals surface area contributed by atoms with E-state index in [1.165, 1.54) is 21.8 Å². The summed E-state index contributed by atoms with van der Waals surface area (Å²) in [6, 6.07) is 64.8. The van der Waals surface area contributed by atoms with Crippen LogP contribution in [0.2, 0.25) is 0 Å². The Morgan fingerprint density at radius 1 is 0.443 bits per heavy atom. The van der Waals surface area contributed by atoms with Gasteiger partial charge in [-0.25, -0.2) is 4.98 Å². The van der Waals surface area contributed by atoms with E-state index in [0.29, 0.717) is 0 Å². The molecule has 5 heteroatoms. The van der Waals surface area contributed by atoms with Crippen LogP contribution in [0.3, 0.4) is 0 Å². The monoisotopic (exact) mass is 782 g/mol. The van der Waals surface area contributed by atoms with Crippen LogP contribution in [0.1, 0.15) is 13.8 Å². The summed E-state index contributed by atoms with van der Waals surface area (Å²) in [5, 5.41) is 7.84. The molecule has 13 rings (SSSR count). The highest BCUT2D eigenvalue weighted by molar-refractivity contribution is 6.21. The second kappa shape index (κ2) is 13.8. The predicted octanol–water partition coefficient (Wildman–Crippen LogP) is 15.6. The Bertz CT molecular complexity index is 3680. The fraction of sp³-hybridized carbons (Fsp3) is 0.0357. The molecule has 0 aliphatic carbocycles. The van der Waals surface area contributed by atoms with E-state index in [0.717, 1.165) is 99.9 Å². The van der Waals surface area contributed by atoms with E-state index in [1.807, 2.05) is 26.2 Å². The van der Waals surface area contributed by atoms with Crippen molar-refractivity contribution in [2.75, 3.05) is 4.90 Å². The number of anilines is 3. The molecule has 5 heterocycles. The first-order chi connectivity index (χ1) is 30.3. The van der Waals surface area contributed by atoms with Gasteiger partial charge in [-0.3, -0.25) is 4.98 Å². The van der Waals surface area contributed by atoms with Gasteiger partial charge in [-0.2, -0.15) is 0 Å². The van der Waals surface area contributed by atoms with Crippen molar-refractivity contribution in [3.63, 3.8) is 0 Å². The Hall–Kier alpha value is -8.02. The molecule has 0 spiro atoms. The lowest BCUT2D eigenvalue weighted by atomic mass is 9.91. The molecule has 0 radical (unpaired) electrons. The van der Waals surface area contributed by atoms with Gasteiger partial charge in [0.2, 0.25) is 0 Å². The number of nitrogens with zero attached hydrogens (tertiary/aromatic N) is 4. The molecule has 0 saturated carbocycles. The number of pyridine rings is 2. The molecule has 0 saturated heterocycles. The number of hydrogen-bond donors (Lipinski definition) is 0. The second-order valence-corrected chi connectivity index (χ2v) is 15.4. The number of aromatic nitrogens is 3. The first-order valence-electron chi connectivity index (χ1n) is 21.0. The van der Waals surface area contributed by atoms with Crippen molar-refractivity contribution in [1.29, 1.82) is 0 Å². The van der Waals surface area contributed by atoms with Gasteiger partial charge >= 0.3 is 0 Å². The first kappa shape index (κ1) is 35.0. The van der Waals surface area contributed by atoms with E-state index in [-0.39, 0.29) is 0 Å². The van der Waals surface area contributed by atoms with E-state index in [2.05, 4.69) is 191 Å². The molecule has 1 aliphatic heterocycles. The molecule has 0 amide bonds. The van der Waals surface area contributed by atoms with E-state index in [1.54, 1.807) is 0 Å². The third-order valence-corrected chi connectivity index (χ3v) is 12.2. The highest BCUT2D eigenvalue weighted by atomic mass is 16.3. The fourth-order valence-corrected chi connectivity index (χ4v) is 9.51. The Balaban J connectivity index is 0.00000197. The zero-order valence-corrected chi connectivity index (χ0v) is 33.7. The van der Waals surface area contributed by atoms with E-state index < -0.39 is 0 Å². The molecule has 0 bridgehead atoms. The first-order valence-corrected chi connectivity index (χ1v) is 21.0. The third-order valence-electron chi connectivity index (χ3n) is 12.2. The number of benzene rings is 8. The lowest BCUT2D eigenvalue weighted by Crippen LogP contribution is -2.16. The molecular weight excluding hydrogens is 745 g/mol. The van der Waals surface area contributed by atoms with Crippen LogP contribution < -0.4 is 4.90 Å². The minimum atomic E-state index is 0.827. The molecule has 0 fully saturated rings. The van der Waals surface area contributed by atoms with Crippen molar-refractivity contribution in [2.24, 2.45) is 0 Å². The van der Waals surface area contributed by atoms with Crippen LogP contribution in [0.5, 0.6) is 0 Å². The van der Waals surface area contributed by atoms with Gasteiger partial charge < -0.3 is 13.9 Å². The van der Waals surface area contributed by atoms with Crippen molar-refractivity contribution >= 4 is 82.5 Å². The number of hydrogen-bond acceptors (Lipinski definition) is 4. The highest BCUT2D eigenvalue weighted by Gasteiger charge is 2.31. The van der Waals surface area contributed by atoms with Crippen LogP contribution in [0.25, 0.3) is 105 Å². The van der Waals surface area contributed by atoms with Gasteiger partial charge in [0.05, 0.1) is 45.5 Å². The number of furan rings is 1.